The number of rotatable bonds is 6. The van der Waals surface area contributed by atoms with Gasteiger partial charge >= 0.3 is 0 Å². The van der Waals surface area contributed by atoms with Crippen LogP contribution >= 0.6 is 22.9 Å². The molecule has 9 heteroatoms. The van der Waals surface area contributed by atoms with Gasteiger partial charge in [-0.2, -0.15) is 4.31 Å². The van der Waals surface area contributed by atoms with Crippen LogP contribution in [0.2, 0.25) is 4.34 Å². The van der Waals surface area contributed by atoms with Crippen LogP contribution in [0, 0.1) is 0 Å². The maximum absolute atomic E-state index is 12.3. The molecule has 1 aromatic heterocycles. The number of thiophene rings is 1. The predicted octanol–water partition coefficient (Wildman–Crippen LogP) is 2.67. The van der Waals surface area contributed by atoms with Crippen molar-refractivity contribution >= 4 is 44.6 Å². The van der Waals surface area contributed by atoms with E-state index in [-0.39, 0.29) is 10.8 Å². The van der Waals surface area contributed by atoms with Crippen molar-refractivity contribution in [2.24, 2.45) is 0 Å². The van der Waals surface area contributed by atoms with Crippen molar-refractivity contribution in [3.8, 4) is 5.75 Å². The Morgan fingerprint density at radius 3 is 2.61 bits per heavy atom. The van der Waals surface area contributed by atoms with Gasteiger partial charge in [-0.05, 0) is 24.3 Å². The zero-order valence-corrected chi connectivity index (χ0v) is 14.8. The predicted molar refractivity (Wildman–Crippen MR) is 90.8 cm³/mol. The fraction of sp³-hybridized carbons (Fsp3) is 0.214. The Bertz CT molecular complexity index is 805. The van der Waals surface area contributed by atoms with Gasteiger partial charge in [-0.1, -0.05) is 23.7 Å². The molecule has 0 spiro atoms. The first-order valence-electron chi connectivity index (χ1n) is 6.49. The van der Waals surface area contributed by atoms with Crippen LogP contribution < -0.4 is 10.1 Å². The average Bonchev–Trinajstić information content (AvgIpc) is 2.95. The number of nitrogens with zero attached hydrogens (tertiary/aromatic N) is 1. The number of benzene rings is 1. The van der Waals surface area contributed by atoms with E-state index in [1.807, 2.05) is 0 Å². The molecule has 1 amide bonds. The van der Waals surface area contributed by atoms with Crippen LogP contribution in [0.15, 0.2) is 40.6 Å². The molecule has 1 aromatic carbocycles. The molecule has 6 nitrogen and oxygen atoms in total. The van der Waals surface area contributed by atoms with Gasteiger partial charge in [0, 0.05) is 7.05 Å². The number of anilines is 1. The molecule has 0 aliphatic rings. The van der Waals surface area contributed by atoms with Gasteiger partial charge in [0.2, 0.25) is 5.91 Å². The van der Waals surface area contributed by atoms with Gasteiger partial charge < -0.3 is 10.1 Å². The summed E-state index contributed by atoms with van der Waals surface area (Å²) in [5, 5.41) is 2.63. The average molecular weight is 375 g/mol. The number of likely N-dealkylation sites (N-methyl/N-ethyl adjacent to an activating group) is 1. The third kappa shape index (κ3) is 4.23. The first kappa shape index (κ1) is 17.7. The van der Waals surface area contributed by atoms with Gasteiger partial charge in [0.1, 0.15) is 9.96 Å². The number of hydrogen-bond donors (Lipinski definition) is 1. The molecule has 2 rings (SSSR count). The molecule has 124 valence electrons. The molecule has 2 aromatic rings. The number of methoxy groups -OCH3 is 1. The van der Waals surface area contributed by atoms with E-state index < -0.39 is 15.9 Å². The van der Waals surface area contributed by atoms with E-state index in [1.54, 1.807) is 24.3 Å². The molecule has 0 bridgehead atoms. The molecule has 0 fully saturated rings. The number of ether oxygens (including phenoxy) is 1. The van der Waals surface area contributed by atoms with Gasteiger partial charge in [0.05, 0.1) is 23.7 Å². The van der Waals surface area contributed by atoms with E-state index in [0.717, 1.165) is 15.6 Å². The molecule has 0 aliphatic carbocycles. The number of carbonyl (C=O) groups excluding carboxylic acids is 1. The Morgan fingerprint density at radius 2 is 2.00 bits per heavy atom. The SMILES string of the molecule is COc1ccccc1NC(=O)CN(C)S(=O)(=O)c1ccc(Cl)s1. The molecule has 1 N–H and O–H groups in total. The second kappa shape index (κ2) is 7.31. The normalized spacial score (nSPS) is 11.5. The third-order valence-corrected chi connectivity index (χ3v) is 6.46. The highest BCUT2D eigenvalue weighted by Gasteiger charge is 2.24. The highest BCUT2D eigenvalue weighted by atomic mass is 35.5. The zero-order chi connectivity index (χ0) is 17.0. The van der Waals surface area contributed by atoms with E-state index >= 15 is 0 Å². The number of sulfonamides is 1. The van der Waals surface area contributed by atoms with Crippen molar-refractivity contribution in [1.82, 2.24) is 4.31 Å². The fourth-order valence-electron chi connectivity index (χ4n) is 1.81. The quantitative estimate of drug-likeness (QED) is 0.843. The van der Waals surface area contributed by atoms with Crippen molar-refractivity contribution < 1.29 is 17.9 Å². The van der Waals surface area contributed by atoms with Crippen molar-refractivity contribution in [3.63, 3.8) is 0 Å². The second-order valence-corrected chi connectivity index (χ2v) is 8.55. The summed E-state index contributed by atoms with van der Waals surface area (Å²) in [5.74, 6) is 0.0274. The second-order valence-electron chi connectivity index (χ2n) is 4.57. The van der Waals surface area contributed by atoms with Crippen LogP contribution in [-0.2, 0) is 14.8 Å². The number of carbonyl (C=O) groups is 1. The van der Waals surface area contributed by atoms with E-state index in [2.05, 4.69) is 5.32 Å². The third-order valence-electron chi connectivity index (χ3n) is 2.96. The molecule has 1 heterocycles. The Morgan fingerprint density at radius 1 is 1.30 bits per heavy atom. The monoisotopic (exact) mass is 374 g/mol. The Labute approximate surface area is 143 Å². The lowest BCUT2D eigenvalue weighted by Crippen LogP contribution is -2.34. The first-order valence-corrected chi connectivity index (χ1v) is 9.12. The highest BCUT2D eigenvalue weighted by Crippen LogP contribution is 2.28. The topological polar surface area (TPSA) is 75.7 Å². The van der Waals surface area contributed by atoms with Crippen LogP contribution in [0.1, 0.15) is 0 Å². The van der Waals surface area contributed by atoms with E-state index in [1.165, 1.54) is 26.3 Å². The summed E-state index contributed by atoms with van der Waals surface area (Å²) in [6.45, 7) is -0.324. The highest BCUT2D eigenvalue weighted by molar-refractivity contribution is 7.91. The molecule has 0 aliphatic heterocycles. The largest absolute Gasteiger partial charge is 0.495 e. The van der Waals surface area contributed by atoms with Crippen LogP contribution in [0.5, 0.6) is 5.75 Å². The number of amides is 1. The number of hydrogen-bond acceptors (Lipinski definition) is 5. The Hall–Kier alpha value is -1.61. The summed E-state index contributed by atoms with van der Waals surface area (Å²) in [4.78, 5) is 12.1. The number of halogens is 1. The molecule has 0 atom stereocenters. The summed E-state index contributed by atoms with van der Waals surface area (Å²) in [6, 6.07) is 9.80. The van der Waals surface area contributed by atoms with Crippen LogP contribution in [-0.4, -0.2) is 39.3 Å². The lowest BCUT2D eigenvalue weighted by atomic mass is 10.3. The van der Waals surface area contributed by atoms with Crippen molar-refractivity contribution in [2.45, 2.75) is 4.21 Å². The lowest BCUT2D eigenvalue weighted by molar-refractivity contribution is -0.116. The summed E-state index contributed by atoms with van der Waals surface area (Å²) in [7, 11) is -0.920. The van der Waals surface area contributed by atoms with E-state index in [4.69, 9.17) is 16.3 Å². The van der Waals surface area contributed by atoms with Crippen LogP contribution in [0.3, 0.4) is 0 Å². The molecule has 0 radical (unpaired) electrons. The minimum atomic E-state index is -3.75. The summed E-state index contributed by atoms with van der Waals surface area (Å²) < 4.78 is 31.2. The smallest absolute Gasteiger partial charge is 0.252 e. The minimum absolute atomic E-state index is 0.0927. The maximum Gasteiger partial charge on any atom is 0.252 e. The van der Waals surface area contributed by atoms with Gasteiger partial charge in [-0.25, -0.2) is 8.42 Å². The maximum atomic E-state index is 12.3. The lowest BCUT2D eigenvalue weighted by Gasteiger charge is -2.16. The van der Waals surface area contributed by atoms with Crippen LogP contribution in [0.4, 0.5) is 5.69 Å². The molecule has 0 unspecified atom stereocenters. The number of nitrogens with one attached hydrogen (secondary N) is 1. The fourth-order valence-corrected chi connectivity index (χ4v) is 4.64. The van der Waals surface area contributed by atoms with Gasteiger partial charge in [0.15, 0.2) is 0 Å². The molecule has 23 heavy (non-hydrogen) atoms. The van der Waals surface area contributed by atoms with Crippen molar-refractivity contribution in [3.05, 3.63) is 40.7 Å². The summed E-state index contributed by atoms with van der Waals surface area (Å²) in [6.07, 6.45) is 0. The molecule has 0 saturated heterocycles. The van der Waals surface area contributed by atoms with Gasteiger partial charge in [0.25, 0.3) is 10.0 Å². The molecular weight excluding hydrogens is 360 g/mol. The van der Waals surface area contributed by atoms with Gasteiger partial charge in [-0.3, -0.25) is 4.79 Å². The van der Waals surface area contributed by atoms with Crippen molar-refractivity contribution in [1.29, 1.82) is 0 Å². The Balaban J connectivity index is 2.08. The standard InChI is InChI=1S/C14H15ClN2O4S2/c1-17(23(19,20)14-8-7-12(15)22-14)9-13(18)16-10-5-3-4-6-11(10)21-2/h3-8H,9H2,1-2H3,(H,16,18). The minimum Gasteiger partial charge on any atom is -0.495 e. The number of para-hydroxylation sites is 2. The van der Waals surface area contributed by atoms with Crippen LogP contribution in [0.25, 0.3) is 0 Å². The van der Waals surface area contributed by atoms with Gasteiger partial charge in [-0.15, -0.1) is 11.3 Å². The zero-order valence-electron chi connectivity index (χ0n) is 12.4. The van der Waals surface area contributed by atoms with Crippen molar-refractivity contribution in [2.75, 3.05) is 26.0 Å². The van der Waals surface area contributed by atoms with E-state index in [0.29, 0.717) is 15.8 Å². The Kier molecular flexibility index (Phi) is 5.64. The first-order chi connectivity index (χ1) is 10.8. The molecular formula is C14H15ClN2O4S2. The van der Waals surface area contributed by atoms with E-state index in [9.17, 15) is 13.2 Å². The summed E-state index contributed by atoms with van der Waals surface area (Å²) in [5.41, 5.74) is 0.477. The summed E-state index contributed by atoms with van der Waals surface area (Å²) >= 11 is 6.70. The molecule has 0 saturated carbocycles.